The number of nitrogens with zero attached hydrogens (tertiary/aromatic N) is 2. The molecule has 0 fully saturated rings. The minimum Gasteiger partial charge on any atom is -0.303 e. The lowest BCUT2D eigenvalue weighted by Gasteiger charge is -2.22. The summed E-state index contributed by atoms with van der Waals surface area (Å²) in [6, 6.07) is 0. The van der Waals surface area contributed by atoms with E-state index in [2.05, 4.69) is 37.5 Å². The van der Waals surface area contributed by atoms with Gasteiger partial charge in [-0.3, -0.25) is 0 Å². The molecule has 0 unspecified atom stereocenters. The molecule has 122 valence electrons. The van der Waals surface area contributed by atoms with Gasteiger partial charge in [-0.25, -0.2) is 0 Å². The van der Waals surface area contributed by atoms with Gasteiger partial charge < -0.3 is 9.80 Å². The van der Waals surface area contributed by atoms with E-state index in [9.17, 15) is 0 Å². The van der Waals surface area contributed by atoms with Crippen LogP contribution in [-0.4, -0.2) is 49.1 Å². The normalized spacial score (nSPS) is 11.7. The summed E-state index contributed by atoms with van der Waals surface area (Å²) in [5.74, 6) is 0. The van der Waals surface area contributed by atoms with Crippen LogP contribution in [0.4, 0.5) is 0 Å². The molecule has 0 N–H and O–H groups in total. The van der Waals surface area contributed by atoms with Crippen LogP contribution in [0.1, 0.15) is 79.1 Å². The van der Waals surface area contributed by atoms with E-state index in [1.54, 1.807) is 0 Å². The summed E-state index contributed by atoms with van der Waals surface area (Å²) >= 11 is 0. The molecule has 0 bridgehead atoms. The Labute approximate surface area is 128 Å². The van der Waals surface area contributed by atoms with E-state index in [1.165, 1.54) is 90.6 Å². The smallest absolute Gasteiger partial charge is 0.00187 e. The van der Waals surface area contributed by atoms with Gasteiger partial charge in [-0.1, -0.05) is 40.5 Å². The molecule has 0 rings (SSSR count). The van der Waals surface area contributed by atoms with Gasteiger partial charge in [0.25, 0.3) is 0 Å². The SMILES string of the molecule is CCCN(CCC)CCCCCCN(CCC)CCC. The second-order valence-corrected chi connectivity index (χ2v) is 6.10. The molecule has 0 spiro atoms. The van der Waals surface area contributed by atoms with Crippen molar-refractivity contribution >= 4 is 0 Å². The molecule has 0 aliphatic carbocycles. The van der Waals surface area contributed by atoms with E-state index < -0.39 is 0 Å². The maximum absolute atomic E-state index is 2.64. The van der Waals surface area contributed by atoms with Gasteiger partial charge in [0.2, 0.25) is 0 Å². The minimum absolute atomic E-state index is 1.29. The van der Waals surface area contributed by atoms with Crippen LogP contribution in [0.15, 0.2) is 0 Å². The van der Waals surface area contributed by atoms with Crippen molar-refractivity contribution < 1.29 is 0 Å². The zero-order valence-electron chi connectivity index (χ0n) is 14.8. The lowest BCUT2D eigenvalue weighted by Crippen LogP contribution is -2.27. The third kappa shape index (κ3) is 11.7. The largest absolute Gasteiger partial charge is 0.303 e. The monoisotopic (exact) mass is 284 g/mol. The van der Waals surface area contributed by atoms with Crippen LogP contribution in [0.5, 0.6) is 0 Å². The first-order chi connectivity index (χ1) is 9.78. The Morgan fingerprint density at radius 1 is 0.400 bits per heavy atom. The first kappa shape index (κ1) is 19.9. The fourth-order valence-corrected chi connectivity index (χ4v) is 2.96. The highest BCUT2D eigenvalue weighted by Crippen LogP contribution is 2.05. The predicted octanol–water partition coefficient (Wildman–Crippen LogP) is 4.79. The summed E-state index contributed by atoms with van der Waals surface area (Å²) in [6.07, 6.45) is 10.8. The molecule has 0 aliphatic heterocycles. The number of hydrogen-bond acceptors (Lipinski definition) is 2. The van der Waals surface area contributed by atoms with Crippen molar-refractivity contribution in [2.24, 2.45) is 0 Å². The van der Waals surface area contributed by atoms with Crippen LogP contribution < -0.4 is 0 Å². The quantitative estimate of drug-likeness (QED) is 0.399. The average molecular weight is 285 g/mol. The second kappa shape index (κ2) is 15.3. The van der Waals surface area contributed by atoms with Gasteiger partial charge in [-0.15, -0.1) is 0 Å². The Morgan fingerprint density at radius 2 is 0.700 bits per heavy atom. The van der Waals surface area contributed by atoms with Gasteiger partial charge in [-0.05, 0) is 77.8 Å². The molecule has 0 aromatic carbocycles. The van der Waals surface area contributed by atoms with Crippen molar-refractivity contribution in [2.75, 3.05) is 39.3 Å². The van der Waals surface area contributed by atoms with Crippen molar-refractivity contribution in [3.8, 4) is 0 Å². The molecule has 20 heavy (non-hydrogen) atoms. The summed E-state index contributed by atoms with van der Waals surface area (Å²) in [7, 11) is 0. The van der Waals surface area contributed by atoms with Gasteiger partial charge in [-0.2, -0.15) is 0 Å². The van der Waals surface area contributed by atoms with E-state index >= 15 is 0 Å². The van der Waals surface area contributed by atoms with Crippen LogP contribution in [-0.2, 0) is 0 Å². The Morgan fingerprint density at radius 3 is 0.950 bits per heavy atom. The Bertz CT molecular complexity index is 150. The van der Waals surface area contributed by atoms with Gasteiger partial charge in [0, 0.05) is 0 Å². The molecule has 0 aromatic heterocycles. The third-order valence-corrected chi connectivity index (χ3v) is 3.86. The Hall–Kier alpha value is -0.0800. The molecule has 0 atom stereocenters. The maximum Gasteiger partial charge on any atom is -0.00187 e. The second-order valence-electron chi connectivity index (χ2n) is 6.10. The zero-order chi connectivity index (χ0) is 15.1. The number of unbranched alkanes of at least 4 members (excludes halogenated alkanes) is 3. The van der Waals surface area contributed by atoms with E-state index in [-0.39, 0.29) is 0 Å². The maximum atomic E-state index is 2.64. The molecular formula is C18H40N2. The molecule has 0 aliphatic rings. The van der Waals surface area contributed by atoms with Crippen LogP contribution in [0.2, 0.25) is 0 Å². The van der Waals surface area contributed by atoms with E-state index in [0.29, 0.717) is 0 Å². The molecule has 0 radical (unpaired) electrons. The summed E-state index contributed by atoms with van der Waals surface area (Å²) in [5.41, 5.74) is 0. The Balaban J connectivity index is 3.53. The summed E-state index contributed by atoms with van der Waals surface area (Å²) in [6.45, 7) is 16.9. The third-order valence-electron chi connectivity index (χ3n) is 3.86. The highest BCUT2D eigenvalue weighted by Gasteiger charge is 2.03. The lowest BCUT2D eigenvalue weighted by atomic mass is 10.1. The van der Waals surface area contributed by atoms with Crippen molar-refractivity contribution in [1.29, 1.82) is 0 Å². The van der Waals surface area contributed by atoms with Gasteiger partial charge >= 0.3 is 0 Å². The van der Waals surface area contributed by atoms with Crippen LogP contribution in [0.25, 0.3) is 0 Å². The highest BCUT2D eigenvalue weighted by atomic mass is 15.1. The molecule has 0 saturated heterocycles. The van der Waals surface area contributed by atoms with Crippen molar-refractivity contribution in [3.05, 3.63) is 0 Å². The van der Waals surface area contributed by atoms with Crippen LogP contribution in [0.3, 0.4) is 0 Å². The zero-order valence-corrected chi connectivity index (χ0v) is 14.8. The fraction of sp³-hybridized carbons (Fsp3) is 1.00. The van der Waals surface area contributed by atoms with Gasteiger partial charge in [0.15, 0.2) is 0 Å². The fourth-order valence-electron chi connectivity index (χ4n) is 2.96. The van der Waals surface area contributed by atoms with Crippen molar-refractivity contribution in [2.45, 2.75) is 79.1 Å². The molecule has 0 amide bonds. The number of hydrogen-bond donors (Lipinski definition) is 0. The van der Waals surface area contributed by atoms with E-state index in [4.69, 9.17) is 0 Å². The molecule has 0 aromatic rings. The molecule has 0 saturated carbocycles. The Kier molecular flexibility index (Phi) is 15.3. The summed E-state index contributed by atoms with van der Waals surface area (Å²) in [4.78, 5) is 5.28. The van der Waals surface area contributed by atoms with Crippen molar-refractivity contribution in [3.63, 3.8) is 0 Å². The summed E-state index contributed by atoms with van der Waals surface area (Å²) < 4.78 is 0. The molecule has 2 nitrogen and oxygen atoms in total. The molecular weight excluding hydrogens is 244 g/mol. The van der Waals surface area contributed by atoms with Crippen LogP contribution >= 0.6 is 0 Å². The van der Waals surface area contributed by atoms with E-state index in [0.717, 1.165) is 0 Å². The number of rotatable bonds is 15. The van der Waals surface area contributed by atoms with E-state index in [1.807, 2.05) is 0 Å². The van der Waals surface area contributed by atoms with Crippen molar-refractivity contribution in [1.82, 2.24) is 9.80 Å². The summed E-state index contributed by atoms with van der Waals surface area (Å²) in [5, 5.41) is 0. The molecule has 2 heteroatoms. The van der Waals surface area contributed by atoms with Gasteiger partial charge in [0.1, 0.15) is 0 Å². The first-order valence-electron chi connectivity index (χ1n) is 9.23. The topological polar surface area (TPSA) is 6.48 Å². The predicted molar refractivity (Wildman–Crippen MR) is 92.5 cm³/mol. The molecule has 0 heterocycles. The highest BCUT2D eigenvalue weighted by molar-refractivity contribution is 4.59. The first-order valence-corrected chi connectivity index (χ1v) is 9.23. The average Bonchev–Trinajstić information content (AvgIpc) is 2.43. The van der Waals surface area contributed by atoms with Crippen LogP contribution in [0, 0.1) is 0 Å². The lowest BCUT2D eigenvalue weighted by molar-refractivity contribution is 0.257. The van der Waals surface area contributed by atoms with Gasteiger partial charge in [0.05, 0.1) is 0 Å². The minimum atomic E-state index is 1.29. The standard InChI is InChI=1S/C18H40N2/c1-5-13-19(14-6-2)17-11-9-10-12-18-20(15-7-3)16-8-4/h5-18H2,1-4H3.